The molecule has 5 unspecified atom stereocenters. The van der Waals surface area contributed by atoms with Crippen LogP contribution in [0.15, 0.2) is 30.3 Å². The molecule has 0 spiro atoms. The molecule has 2 fully saturated rings. The summed E-state index contributed by atoms with van der Waals surface area (Å²) >= 11 is 0. The highest BCUT2D eigenvalue weighted by Gasteiger charge is 2.48. The molecule has 5 heteroatoms. The van der Waals surface area contributed by atoms with E-state index in [1.165, 1.54) is 0 Å². The lowest BCUT2D eigenvalue weighted by atomic mass is 9.89. The van der Waals surface area contributed by atoms with E-state index in [9.17, 15) is 19.5 Å². The first kappa shape index (κ1) is 20.6. The van der Waals surface area contributed by atoms with Gasteiger partial charge in [-0.2, -0.15) is 0 Å². The summed E-state index contributed by atoms with van der Waals surface area (Å²) in [5.41, 5.74) is 1.11. The van der Waals surface area contributed by atoms with E-state index in [0.717, 1.165) is 31.2 Å². The van der Waals surface area contributed by atoms with Crippen molar-refractivity contribution in [2.24, 2.45) is 17.8 Å². The van der Waals surface area contributed by atoms with Crippen LogP contribution in [0.25, 0.3) is 0 Å². The molecule has 2 aliphatic rings. The van der Waals surface area contributed by atoms with E-state index < -0.39 is 17.8 Å². The van der Waals surface area contributed by atoms with Crippen LogP contribution in [-0.4, -0.2) is 39.7 Å². The molecule has 1 aromatic rings. The molecule has 3 rings (SSSR count). The topological polar surface area (TPSA) is 74.7 Å². The molecule has 5 atom stereocenters. The van der Waals surface area contributed by atoms with Crippen molar-refractivity contribution in [2.45, 2.75) is 70.9 Å². The second-order valence-electron chi connectivity index (χ2n) is 8.56. The van der Waals surface area contributed by atoms with Gasteiger partial charge in [0.05, 0.1) is 12.0 Å². The smallest absolute Gasteiger partial charge is 0.306 e. The summed E-state index contributed by atoms with van der Waals surface area (Å²) in [6.45, 7) is 3.39. The molecule has 5 nitrogen and oxygen atoms in total. The number of ketones is 1. The summed E-state index contributed by atoms with van der Waals surface area (Å²) in [7, 11) is 0. The quantitative estimate of drug-likeness (QED) is 0.740. The normalized spacial score (nSPS) is 25.9. The van der Waals surface area contributed by atoms with Crippen LogP contribution in [0.4, 0.5) is 0 Å². The third kappa shape index (κ3) is 4.45. The minimum absolute atomic E-state index is 0.0411. The van der Waals surface area contributed by atoms with Gasteiger partial charge in [0.2, 0.25) is 5.91 Å². The maximum Gasteiger partial charge on any atom is 0.306 e. The van der Waals surface area contributed by atoms with Gasteiger partial charge in [0.1, 0.15) is 0 Å². The number of nitrogens with zero attached hydrogens (tertiary/aromatic N) is 1. The summed E-state index contributed by atoms with van der Waals surface area (Å²) in [6.07, 6.45) is 5.44. The van der Waals surface area contributed by atoms with E-state index in [-0.39, 0.29) is 23.8 Å². The Labute approximate surface area is 167 Å². The number of likely N-dealkylation sites (tertiary alicyclic amines) is 1. The number of Topliss-reactive ketones (excluding diaryl/α,β-unsaturated/α-hetero) is 1. The van der Waals surface area contributed by atoms with Crippen LogP contribution in [0.5, 0.6) is 0 Å². The summed E-state index contributed by atoms with van der Waals surface area (Å²) in [4.78, 5) is 38.9. The number of hydrogen-bond acceptors (Lipinski definition) is 3. The first-order valence-corrected chi connectivity index (χ1v) is 10.5. The molecular formula is C23H31NO4. The fraction of sp³-hybridized carbons (Fsp3) is 0.609. The van der Waals surface area contributed by atoms with Crippen LogP contribution in [0.1, 0.15) is 57.9 Å². The van der Waals surface area contributed by atoms with E-state index in [1.807, 2.05) is 42.2 Å². The van der Waals surface area contributed by atoms with Crippen LogP contribution in [0.3, 0.4) is 0 Å². The molecule has 1 heterocycles. The van der Waals surface area contributed by atoms with Crippen LogP contribution in [0.2, 0.25) is 0 Å². The molecule has 1 amide bonds. The second-order valence-corrected chi connectivity index (χ2v) is 8.56. The number of fused-ring (bicyclic) bond motifs is 1. The van der Waals surface area contributed by atoms with Crippen molar-refractivity contribution in [3.8, 4) is 0 Å². The molecule has 28 heavy (non-hydrogen) atoms. The number of aryl methyl sites for hydroxylation is 1. The Kier molecular flexibility index (Phi) is 6.53. The zero-order valence-electron chi connectivity index (χ0n) is 16.8. The van der Waals surface area contributed by atoms with Gasteiger partial charge in [-0.3, -0.25) is 14.4 Å². The van der Waals surface area contributed by atoms with Crippen molar-refractivity contribution in [1.82, 2.24) is 4.90 Å². The molecule has 0 radical (unpaired) electrons. The fourth-order valence-corrected chi connectivity index (χ4v) is 5.08. The molecule has 152 valence electrons. The molecule has 1 aliphatic heterocycles. The lowest BCUT2D eigenvalue weighted by molar-refractivity contribution is -0.146. The first-order valence-electron chi connectivity index (χ1n) is 10.5. The Bertz CT molecular complexity index is 717. The van der Waals surface area contributed by atoms with E-state index in [1.54, 1.807) is 6.92 Å². The summed E-state index contributed by atoms with van der Waals surface area (Å²) in [5.74, 6) is -1.36. The Morgan fingerprint density at radius 3 is 2.54 bits per heavy atom. The van der Waals surface area contributed by atoms with Crippen LogP contribution >= 0.6 is 0 Å². The van der Waals surface area contributed by atoms with Crippen LogP contribution in [-0.2, 0) is 20.8 Å². The van der Waals surface area contributed by atoms with Crippen molar-refractivity contribution in [3.63, 3.8) is 0 Å². The van der Waals surface area contributed by atoms with E-state index in [2.05, 4.69) is 0 Å². The summed E-state index contributed by atoms with van der Waals surface area (Å²) in [5, 5.41) is 9.66. The average molecular weight is 386 g/mol. The Morgan fingerprint density at radius 1 is 1.18 bits per heavy atom. The third-order valence-corrected chi connectivity index (χ3v) is 6.59. The van der Waals surface area contributed by atoms with Gasteiger partial charge in [-0.1, -0.05) is 43.7 Å². The van der Waals surface area contributed by atoms with Crippen molar-refractivity contribution in [3.05, 3.63) is 35.9 Å². The molecule has 1 N–H and O–H groups in total. The standard InChI is InChI=1S/C23H31NO4/c1-15(13-19(23(27)28)12-11-17-7-4-3-5-8-17)22(26)24-20-10-6-9-18(20)14-21(24)16(2)25/h3-5,7-8,15,18-21H,6,9-14H2,1-2H3,(H,27,28). The molecule has 1 saturated heterocycles. The highest BCUT2D eigenvalue weighted by atomic mass is 16.4. The number of rotatable bonds is 8. The van der Waals surface area contributed by atoms with Gasteiger partial charge in [0.15, 0.2) is 5.78 Å². The third-order valence-electron chi connectivity index (χ3n) is 6.59. The minimum atomic E-state index is -0.848. The first-order chi connectivity index (χ1) is 13.4. The number of carbonyl (C=O) groups excluding carboxylic acids is 2. The summed E-state index contributed by atoms with van der Waals surface area (Å²) in [6, 6.07) is 9.67. The predicted octanol–water partition coefficient (Wildman–Crippen LogP) is 3.70. The molecular weight excluding hydrogens is 354 g/mol. The predicted molar refractivity (Wildman–Crippen MR) is 107 cm³/mol. The van der Waals surface area contributed by atoms with Gasteiger partial charge in [-0.15, -0.1) is 0 Å². The van der Waals surface area contributed by atoms with Crippen molar-refractivity contribution >= 4 is 17.7 Å². The lowest BCUT2D eigenvalue weighted by Crippen LogP contribution is -2.47. The zero-order valence-corrected chi connectivity index (χ0v) is 16.8. The van der Waals surface area contributed by atoms with E-state index in [4.69, 9.17) is 0 Å². The Hall–Kier alpha value is -2.17. The maximum absolute atomic E-state index is 13.2. The number of hydrogen-bond donors (Lipinski definition) is 1. The number of carboxylic acid groups (broad SMARTS) is 1. The second kappa shape index (κ2) is 8.89. The number of carbonyl (C=O) groups is 3. The monoisotopic (exact) mass is 385 g/mol. The largest absolute Gasteiger partial charge is 0.481 e. The highest BCUT2D eigenvalue weighted by molar-refractivity contribution is 5.89. The van der Waals surface area contributed by atoms with E-state index in [0.29, 0.717) is 25.2 Å². The van der Waals surface area contributed by atoms with Gasteiger partial charge in [-0.25, -0.2) is 0 Å². The molecule has 1 aliphatic carbocycles. The minimum Gasteiger partial charge on any atom is -0.481 e. The number of amides is 1. The number of benzene rings is 1. The van der Waals surface area contributed by atoms with Crippen LogP contribution < -0.4 is 0 Å². The SMILES string of the molecule is CC(=O)C1CC2CCCC2N1C(=O)C(C)CC(CCc1ccccc1)C(=O)O. The van der Waals surface area contributed by atoms with Gasteiger partial charge in [0, 0.05) is 12.0 Å². The molecule has 0 bridgehead atoms. The maximum atomic E-state index is 13.2. The average Bonchev–Trinajstić information content (AvgIpc) is 3.26. The zero-order chi connectivity index (χ0) is 20.3. The van der Waals surface area contributed by atoms with Gasteiger partial charge in [-0.05, 0) is 56.9 Å². The van der Waals surface area contributed by atoms with Crippen molar-refractivity contribution in [1.29, 1.82) is 0 Å². The summed E-state index contributed by atoms with van der Waals surface area (Å²) < 4.78 is 0. The van der Waals surface area contributed by atoms with Gasteiger partial charge >= 0.3 is 5.97 Å². The Morgan fingerprint density at radius 2 is 1.89 bits per heavy atom. The Balaban J connectivity index is 1.65. The number of carboxylic acids is 1. The molecule has 1 saturated carbocycles. The van der Waals surface area contributed by atoms with Gasteiger partial charge < -0.3 is 10.0 Å². The molecule has 1 aromatic carbocycles. The highest BCUT2D eigenvalue weighted by Crippen LogP contribution is 2.42. The molecule has 0 aromatic heterocycles. The van der Waals surface area contributed by atoms with Crippen molar-refractivity contribution in [2.75, 3.05) is 0 Å². The van der Waals surface area contributed by atoms with Crippen LogP contribution in [0, 0.1) is 17.8 Å². The van der Waals surface area contributed by atoms with E-state index >= 15 is 0 Å². The lowest BCUT2D eigenvalue weighted by Gasteiger charge is -2.31. The fourth-order valence-electron chi connectivity index (χ4n) is 5.08. The number of aliphatic carboxylic acids is 1. The van der Waals surface area contributed by atoms with Gasteiger partial charge in [0.25, 0.3) is 0 Å². The van der Waals surface area contributed by atoms with Crippen molar-refractivity contribution < 1.29 is 19.5 Å².